The van der Waals surface area contributed by atoms with Crippen LogP contribution in [0.3, 0.4) is 0 Å². The van der Waals surface area contributed by atoms with Crippen LogP contribution in [0.4, 0.5) is 5.82 Å². The Bertz CT molecular complexity index is 1270. The predicted molar refractivity (Wildman–Crippen MR) is 143 cm³/mol. The van der Waals surface area contributed by atoms with Crippen molar-refractivity contribution in [3.05, 3.63) is 88.4 Å². The number of H-pyrrole nitrogens is 1. The molecule has 3 heterocycles. The van der Waals surface area contributed by atoms with Crippen molar-refractivity contribution in [3.8, 4) is 11.4 Å². The third-order valence-corrected chi connectivity index (χ3v) is 5.92. The molecule has 0 fully saturated rings. The maximum absolute atomic E-state index is 6.29. The number of hydrogen-bond acceptors (Lipinski definition) is 4. The lowest BCUT2D eigenvalue weighted by molar-refractivity contribution is 0.844. The van der Waals surface area contributed by atoms with Crippen molar-refractivity contribution in [2.24, 2.45) is 0 Å². The summed E-state index contributed by atoms with van der Waals surface area (Å²) in [6, 6.07) is 8.16. The minimum atomic E-state index is 0.522. The second-order valence-electron chi connectivity index (χ2n) is 8.74. The van der Waals surface area contributed by atoms with Gasteiger partial charge in [0.05, 0.1) is 17.0 Å². The monoisotopic (exact) mass is 451 g/mol. The quantitative estimate of drug-likeness (QED) is 0.363. The maximum Gasteiger partial charge on any atom is 0.127 e. The normalized spacial score (nSPS) is 16.8. The molecule has 3 aromatic rings. The number of unbranched alkanes of at least 4 members (excludes halogenated alkanes) is 1. The van der Waals surface area contributed by atoms with Crippen LogP contribution in [0.15, 0.2) is 60.3 Å². The summed E-state index contributed by atoms with van der Waals surface area (Å²) in [7, 11) is 0. The van der Waals surface area contributed by atoms with Crippen LogP contribution in [0, 0.1) is 6.92 Å². The first-order valence-electron chi connectivity index (χ1n) is 12.1. The number of anilines is 1. The highest BCUT2D eigenvalue weighted by Crippen LogP contribution is 2.33. The first kappa shape index (κ1) is 23.4. The average Bonchev–Trinajstić information content (AvgIpc) is 3.20. The molecule has 5 nitrogen and oxygen atoms in total. The Kier molecular flexibility index (Phi) is 7.53. The number of nitrogens with one attached hydrogen (secondary N) is 1. The maximum atomic E-state index is 6.29. The van der Waals surface area contributed by atoms with Crippen LogP contribution in [0.2, 0.25) is 0 Å². The van der Waals surface area contributed by atoms with Crippen molar-refractivity contribution < 1.29 is 0 Å². The lowest BCUT2D eigenvalue weighted by Gasteiger charge is -2.11. The van der Waals surface area contributed by atoms with Gasteiger partial charge in [0.2, 0.25) is 0 Å². The lowest BCUT2D eigenvalue weighted by atomic mass is 9.97. The molecule has 0 unspecified atom stereocenters. The van der Waals surface area contributed by atoms with Crippen LogP contribution in [0.5, 0.6) is 0 Å². The number of allylic oxidation sites excluding steroid dienone is 6. The van der Waals surface area contributed by atoms with Gasteiger partial charge in [-0.05, 0) is 61.6 Å². The molecule has 0 amide bonds. The van der Waals surface area contributed by atoms with E-state index >= 15 is 0 Å². The van der Waals surface area contributed by atoms with E-state index in [1.54, 1.807) is 0 Å². The Labute approximate surface area is 202 Å². The number of hydrogen-bond donors (Lipinski definition) is 2. The predicted octanol–water partition coefficient (Wildman–Crippen LogP) is 6.95. The number of nitrogens with two attached hydrogens (primary N) is 1. The molecule has 174 valence electrons. The summed E-state index contributed by atoms with van der Waals surface area (Å²) in [4.78, 5) is 9.42. The summed E-state index contributed by atoms with van der Waals surface area (Å²) in [5, 5.41) is 7.37. The molecule has 1 aliphatic rings. The molecule has 1 aliphatic carbocycles. The molecule has 0 radical (unpaired) electrons. The summed E-state index contributed by atoms with van der Waals surface area (Å²) in [6.45, 7) is 6.44. The van der Waals surface area contributed by atoms with Crippen LogP contribution in [0.25, 0.3) is 29.1 Å². The molecular weight excluding hydrogens is 418 g/mol. The molecule has 3 aromatic heterocycles. The molecule has 0 aromatic carbocycles. The fourth-order valence-electron chi connectivity index (χ4n) is 4.26. The summed E-state index contributed by atoms with van der Waals surface area (Å²) in [5.74, 6) is 0.522. The number of aryl methyl sites for hydroxylation is 1. The zero-order chi connectivity index (χ0) is 23.9. The number of fused-ring (bicyclic) bond motifs is 1. The number of pyridine rings is 2. The van der Waals surface area contributed by atoms with E-state index in [4.69, 9.17) is 10.7 Å². The van der Waals surface area contributed by atoms with Crippen molar-refractivity contribution >= 4 is 23.5 Å². The van der Waals surface area contributed by atoms with Crippen LogP contribution >= 0.6 is 0 Å². The van der Waals surface area contributed by atoms with Crippen LogP contribution in [0.1, 0.15) is 67.6 Å². The average molecular weight is 452 g/mol. The van der Waals surface area contributed by atoms with E-state index < -0.39 is 0 Å². The lowest BCUT2D eigenvalue weighted by Crippen LogP contribution is -1.97. The second kappa shape index (κ2) is 10.9. The van der Waals surface area contributed by atoms with Gasteiger partial charge in [0.25, 0.3) is 0 Å². The van der Waals surface area contributed by atoms with E-state index in [9.17, 15) is 0 Å². The minimum Gasteiger partial charge on any atom is -0.384 e. The molecule has 0 bridgehead atoms. The number of nitrogens with zero attached hydrogens (tertiary/aromatic N) is 3. The zero-order valence-electron chi connectivity index (χ0n) is 20.3. The number of rotatable bonds is 8. The van der Waals surface area contributed by atoms with Crippen molar-refractivity contribution in [2.45, 2.75) is 52.9 Å². The molecule has 3 N–H and O–H groups in total. The number of aromatic nitrogens is 4. The molecule has 0 atom stereocenters. The highest BCUT2D eigenvalue weighted by molar-refractivity contribution is 5.92. The van der Waals surface area contributed by atoms with Crippen molar-refractivity contribution in [1.82, 2.24) is 20.2 Å². The van der Waals surface area contributed by atoms with Crippen LogP contribution in [-0.4, -0.2) is 20.2 Å². The van der Waals surface area contributed by atoms with Crippen molar-refractivity contribution in [3.63, 3.8) is 0 Å². The van der Waals surface area contributed by atoms with Crippen LogP contribution < -0.4 is 5.73 Å². The largest absolute Gasteiger partial charge is 0.384 e. The number of nitrogen functional groups attached to an aromatic ring is 1. The fraction of sp³-hybridized carbons (Fsp3) is 0.276. The van der Waals surface area contributed by atoms with E-state index in [-0.39, 0.29) is 0 Å². The van der Waals surface area contributed by atoms with Gasteiger partial charge in [-0.15, -0.1) is 0 Å². The van der Waals surface area contributed by atoms with Gasteiger partial charge in [-0.25, -0.2) is 0 Å². The fourth-order valence-corrected chi connectivity index (χ4v) is 4.26. The summed E-state index contributed by atoms with van der Waals surface area (Å²) < 4.78 is 0. The SMILES string of the molecule is CCC/C=C(\CCC)Cc1cnc2c(c1)/C=C/C=C(c1c(-c3cccc(C)n3)n[nH]c1N)/C=C\2. The molecular formula is C29H33N5. The summed E-state index contributed by atoms with van der Waals surface area (Å²) in [5.41, 5.74) is 15.4. The highest BCUT2D eigenvalue weighted by Gasteiger charge is 2.17. The van der Waals surface area contributed by atoms with Crippen molar-refractivity contribution in [1.29, 1.82) is 0 Å². The molecule has 0 saturated heterocycles. The first-order chi connectivity index (χ1) is 16.6. The van der Waals surface area contributed by atoms with E-state index in [1.165, 1.54) is 24.0 Å². The molecule has 34 heavy (non-hydrogen) atoms. The van der Waals surface area contributed by atoms with Gasteiger partial charge in [0, 0.05) is 17.5 Å². The number of aromatic amines is 1. The smallest absolute Gasteiger partial charge is 0.127 e. The van der Waals surface area contributed by atoms with Crippen molar-refractivity contribution in [2.75, 3.05) is 5.73 Å². The van der Waals surface area contributed by atoms with E-state index in [0.717, 1.165) is 58.7 Å². The summed E-state index contributed by atoms with van der Waals surface area (Å²) in [6.07, 6.45) is 20.3. The van der Waals surface area contributed by atoms with Gasteiger partial charge in [-0.2, -0.15) is 5.10 Å². The Morgan fingerprint density at radius 3 is 2.79 bits per heavy atom. The van der Waals surface area contributed by atoms with Gasteiger partial charge in [-0.1, -0.05) is 68.7 Å². The topological polar surface area (TPSA) is 80.5 Å². The van der Waals surface area contributed by atoms with Gasteiger partial charge >= 0.3 is 0 Å². The minimum absolute atomic E-state index is 0.522. The molecule has 0 saturated carbocycles. The van der Waals surface area contributed by atoms with Gasteiger partial charge < -0.3 is 5.73 Å². The van der Waals surface area contributed by atoms with E-state index in [2.05, 4.69) is 65.5 Å². The highest BCUT2D eigenvalue weighted by atomic mass is 15.2. The summed E-state index contributed by atoms with van der Waals surface area (Å²) >= 11 is 0. The third kappa shape index (κ3) is 5.42. The molecule has 0 spiro atoms. The first-order valence-corrected chi connectivity index (χ1v) is 12.1. The van der Waals surface area contributed by atoms with Gasteiger partial charge in [0.1, 0.15) is 11.5 Å². The van der Waals surface area contributed by atoms with Crippen LogP contribution in [-0.2, 0) is 6.42 Å². The Morgan fingerprint density at radius 1 is 1.12 bits per heavy atom. The Balaban J connectivity index is 1.63. The molecule has 5 heteroatoms. The third-order valence-electron chi connectivity index (χ3n) is 5.92. The zero-order valence-corrected chi connectivity index (χ0v) is 20.3. The second-order valence-corrected chi connectivity index (χ2v) is 8.74. The van der Waals surface area contributed by atoms with E-state index in [0.29, 0.717) is 5.82 Å². The van der Waals surface area contributed by atoms with E-state index in [1.807, 2.05) is 37.4 Å². The Morgan fingerprint density at radius 2 is 2.00 bits per heavy atom. The molecule has 4 rings (SSSR count). The Hall–Kier alpha value is -3.73. The van der Waals surface area contributed by atoms with Gasteiger partial charge in [0.15, 0.2) is 0 Å². The van der Waals surface area contributed by atoms with Gasteiger partial charge in [-0.3, -0.25) is 15.1 Å². The molecule has 0 aliphatic heterocycles. The standard InChI is InChI=1S/C29H33N5/c1-4-6-11-21(9-5-2)17-22-18-24-13-8-12-23(15-16-25(24)31-19-22)27-28(33-34-29(27)30)26-14-7-10-20(3)32-26/h7-8,10-16,18-19H,4-6,9,17H2,1-3H3,(H3,30,33,34)/b12-8?,13-8+,16-15-,21-11+,23-12-,23-15?,24-13?,25-16?.